The van der Waals surface area contributed by atoms with Crippen LogP contribution in [-0.4, -0.2) is 51.0 Å². The van der Waals surface area contributed by atoms with Crippen LogP contribution in [0.3, 0.4) is 0 Å². The molecule has 1 atom stereocenters. The van der Waals surface area contributed by atoms with Crippen LogP contribution in [0, 0.1) is 0 Å². The quantitative estimate of drug-likeness (QED) is 0.672. The second-order valence-electron chi connectivity index (χ2n) is 4.70. The van der Waals surface area contributed by atoms with Crippen LogP contribution in [0.4, 0.5) is 0 Å². The van der Waals surface area contributed by atoms with Crippen molar-refractivity contribution in [1.82, 2.24) is 10.6 Å². The van der Waals surface area contributed by atoms with Crippen molar-refractivity contribution in [3.05, 3.63) is 0 Å². The average Bonchev–Trinajstić information content (AvgIpc) is 2.38. The van der Waals surface area contributed by atoms with Gasteiger partial charge in [-0.05, 0) is 26.3 Å². The van der Waals surface area contributed by atoms with Gasteiger partial charge >= 0.3 is 0 Å². The summed E-state index contributed by atoms with van der Waals surface area (Å²) in [5, 5.41) is 6.15. The van der Waals surface area contributed by atoms with E-state index in [0.717, 1.165) is 32.6 Å². The maximum atomic E-state index is 11.5. The highest BCUT2D eigenvalue weighted by Gasteiger charge is 2.14. The third kappa shape index (κ3) is 6.93. The molecule has 18 heavy (non-hydrogen) atoms. The maximum Gasteiger partial charge on any atom is 0.222 e. The Labute approximate surface area is 110 Å². The number of ether oxygens (including phenoxy) is 2. The van der Waals surface area contributed by atoms with Crippen molar-refractivity contribution in [3.63, 3.8) is 0 Å². The van der Waals surface area contributed by atoms with Crippen LogP contribution in [0.5, 0.6) is 0 Å². The second kappa shape index (κ2) is 9.30. The number of carbonyl (C=O) groups is 1. The Hall–Kier alpha value is -0.650. The Bertz CT molecular complexity index is 230. The van der Waals surface area contributed by atoms with Gasteiger partial charge in [0.25, 0.3) is 0 Å². The molecule has 1 fully saturated rings. The predicted molar refractivity (Wildman–Crippen MR) is 70.6 cm³/mol. The van der Waals surface area contributed by atoms with Gasteiger partial charge in [0.2, 0.25) is 5.91 Å². The molecule has 5 nitrogen and oxygen atoms in total. The molecule has 2 N–H and O–H groups in total. The molecule has 1 aliphatic heterocycles. The molecule has 1 aliphatic rings. The highest BCUT2D eigenvalue weighted by atomic mass is 16.5. The highest BCUT2D eigenvalue weighted by molar-refractivity contribution is 5.75. The van der Waals surface area contributed by atoms with Crippen LogP contribution in [0.15, 0.2) is 0 Å². The molecule has 0 spiro atoms. The predicted octanol–water partition coefficient (Wildman–Crippen LogP) is 0.686. The minimum Gasteiger partial charge on any atom is -0.381 e. The van der Waals surface area contributed by atoms with Crippen LogP contribution in [0.1, 0.15) is 33.1 Å². The van der Waals surface area contributed by atoms with Gasteiger partial charge < -0.3 is 20.1 Å². The molecule has 1 heterocycles. The molecule has 0 bridgehead atoms. The summed E-state index contributed by atoms with van der Waals surface area (Å²) in [6.07, 6.45) is 2.60. The van der Waals surface area contributed by atoms with Gasteiger partial charge in [-0.3, -0.25) is 4.79 Å². The lowest BCUT2D eigenvalue weighted by Crippen LogP contribution is -2.39. The van der Waals surface area contributed by atoms with Crippen molar-refractivity contribution in [1.29, 1.82) is 0 Å². The van der Waals surface area contributed by atoms with E-state index < -0.39 is 0 Å². The van der Waals surface area contributed by atoms with Crippen LogP contribution in [0.25, 0.3) is 0 Å². The van der Waals surface area contributed by atoms with Gasteiger partial charge in [0.15, 0.2) is 0 Å². The van der Waals surface area contributed by atoms with Gasteiger partial charge in [-0.25, -0.2) is 0 Å². The van der Waals surface area contributed by atoms with E-state index in [1.165, 1.54) is 0 Å². The van der Waals surface area contributed by atoms with E-state index in [0.29, 0.717) is 25.6 Å². The minimum absolute atomic E-state index is 0.0619. The summed E-state index contributed by atoms with van der Waals surface area (Å²) >= 11 is 0. The summed E-state index contributed by atoms with van der Waals surface area (Å²) in [4.78, 5) is 11.5. The second-order valence-corrected chi connectivity index (χ2v) is 4.70. The molecule has 0 radical (unpaired) electrons. The summed E-state index contributed by atoms with van der Waals surface area (Å²) < 4.78 is 10.9. The summed E-state index contributed by atoms with van der Waals surface area (Å²) in [5.74, 6) is 0.0619. The Kier molecular flexibility index (Phi) is 7.96. The topological polar surface area (TPSA) is 59.6 Å². The zero-order chi connectivity index (χ0) is 13.2. The fraction of sp³-hybridized carbons (Fsp3) is 0.923. The SMILES string of the molecule is CCN[C@H](C)CNC(=O)CCOC1CCOCC1. The molecule has 0 saturated carbocycles. The summed E-state index contributed by atoms with van der Waals surface area (Å²) in [7, 11) is 0. The molecule has 1 rings (SSSR count). The van der Waals surface area contributed by atoms with Crippen molar-refractivity contribution in [2.75, 3.05) is 32.9 Å². The number of hydrogen-bond acceptors (Lipinski definition) is 4. The number of amides is 1. The van der Waals surface area contributed by atoms with Crippen molar-refractivity contribution >= 4 is 5.91 Å². The molecular formula is C13H26N2O3. The highest BCUT2D eigenvalue weighted by Crippen LogP contribution is 2.10. The van der Waals surface area contributed by atoms with Crippen molar-refractivity contribution in [2.24, 2.45) is 0 Å². The zero-order valence-corrected chi connectivity index (χ0v) is 11.5. The van der Waals surface area contributed by atoms with Crippen LogP contribution in [0.2, 0.25) is 0 Å². The lowest BCUT2D eigenvalue weighted by atomic mass is 10.1. The first-order valence-corrected chi connectivity index (χ1v) is 6.91. The smallest absolute Gasteiger partial charge is 0.222 e. The standard InChI is InChI=1S/C13H26N2O3/c1-3-14-11(2)10-15-13(16)6-9-18-12-4-7-17-8-5-12/h11-12,14H,3-10H2,1-2H3,(H,15,16)/t11-/m1/s1. The van der Waals surface area contributed by atoms with Crippen LogP contribution < -0.4 is 10.6 Å². The summed E-state index contributed by atoms with van der Waals surface area (Å²) in [6.45, 7) is 7.76. The number of carbonyl (C=O) groups excluding carboxylic acids is 1. The Balaban J connectivity index is 1.99. The van der Waals surface area contributed by atoms with E-state index in [9.17, 15) is 4.79 Å². The normalized spacial score (nSPS) is 18.6. The van der Waals surface area contributed by atoms with Gasteiger partial charge in [0.05, 0.1) is 12.7 Å². The Morgan fingerprint density at radius 2 is 2.17 bits per heavy atom. The van der Waals surface area contributed by atoms with E-state index in [2.05, 4.69) is 24.5 Å². The van der Waals surface area contributed by atoms with E-state index in [-0.39, 0.29) is 12.0 Å². The third-order valence-electron chi connectivity index (χ3n) is 3.01. The molecule has 106 valence electrons. The maximum absolute atomic E-state index is 11.5. The third-order valence-corrected chi connectivity index (χ3v) is 3.01. The molecule has 0 aromatic heterocycles. The first kappa shape index (κ1) is 15.4. The largest absolute Gasteiger partial charge is 0.381 e. The fourth-order valence-corrected chi connectivity index (χ4v) is 1.94. The fourth-order valence-electron chi connectivity index (χ4n) is 1.94. The van der Waals surface area contributed by atoms with E-state index in [1.807, 2.05) is 0 Å². The molecular weight excluding hydrogens is 232 g/mol. The van der Waals surface area contributed by atoms with Crippen molar-refractivity contribution in [3.8, 4) is 0 Å². The zero-order valence-electron chi connectivity index (χ0n) is 11.5. The number of hydrogen-bond donors (Lipinski definition) is 2. The average molecular weight is 258 g/mol. The van der Waals surface area contributed by atoms with Gasteiger partial charge in [-0.2, -0.15) is 0 Å². The summed E-state index contributed by atoms with van der Waals surface area (Å²) in [5.41, 5.74) is 0. The molecule has 5 heteroatoms. The molecule has 0 aromatic rings. The van der Waals surface area contributed by atoms with Gasteiger partial charge in [0, 0.05) is 32.2 Å². The lowest BCUT2D eigenvalue weighted by Gasteiger charge is -2.22. The van der Waals surface area contributed by atoms with Crippen LogP contribution >= 0.6 is 0 Å². The first-order valence-electron chi connectivity index (χ1n) is 6.91. The van der Waals surface area contributed by atoms with Gasteiger partial charge in [-0.15, -0.1) is 0 Å². The number of rotatable bonds is 8. The van der Waals surface area contributed by atoms with Crippen molar-refractivity contribution < 1.29 is 14.3 Å². The molecule has 1 saturated heterocycles. The van der Waals surface area contributed by atoms with Crippen LogP contribution in [-0.2, 0) is 14.3 Å². The van der Waals surface area contributed by atoms with E-state index >= 15 is 0 Å². The molecule has 0 aliphatic carbocycles. The summed E-state index contributed by atoms with van der Waals surface area (Å²) in [6, 6.07) is 0.315. The van der Waals surface area contributed by atoms with E-state index in [4.69, 9.17) is 9.47 Å². The minimum atomic E-state index is 0.0619. The van der Waals surface area contributed by atoms with Gasteiger partial charge in [0.1, 0.15) is 0 Å². The number of nitrogens with one attached hydrogen (secondary N) is 2. The van der Waals surface area contributed by atoms with Crippen molar-refractivity contribution in [2.45, 2.75) is 45.3 Å². The Morgan fingerprint density at radius 3 is 2.83 bits per heavy atom. The first-order chi connectivity index (χ1) is 8.72. The lowest BCUT2D eigenvalue weighted by molar-refractivity contribution is -0.123. The molecule has 1 amide bonds. The molecule has 0 aromatic carbocycles. The Morgan fingerprint density at radius 1 is 1.44 bits per heavy atom. The van der Waals surface area contributed by atoms with E-state index in [1.54, 1.807) is 0 Å². The number of likely N-dealkylation sites (N-methyl/N-ethyl adjacent to an activating group) is 1. The van der Waals surface area contributed by atoms with Gasteiger partial charge in [-0.1, -0.05) is 6.92 Å². The monoisotopic (exact) mass is 258 g/mol. The molecule has 0 unspecified atom stereocenters.